The van der Waals surface area contributed by atoms with Crippen LogP contribution in [0, 0.1) is 6.92 Å². The van der Waals surface area contributed by atoms with Crippen LogP contribution in [0.5, 0.6) is 5.75 Å². The fourth-order valence-corrected chi connectivity index (χ4v) is 5.15. The van der Waals surface area contributed by atoms with Crippen LogP contribution in [0.3, 0.4) is 0 Å². The number of aryl methyl sites for hydroxylation is 1. The van der Waals surface area contributed by atoms with Crippen molar-refractivity contribution in [1.29, 1.82) is 0 Å². The van der Waals surface area contributed by atoms with Crippen LogP contribution < -0.4 is 26.0 Å². The number of nitrogens with zero attached hydrogens (tertiary/aromatic N) is 5. The van der Waals surface area contributed by atoms with Crippen molar-refractivity contribution in [2.24, 2.45) is 0 Å². The molecule has 3 aromatic carbocycles. The highest BCUT2D eigenvalue weighted by molar-refractivity contribution is 6.07. The Kier molecular flexibility index (Phi) is 9.70. The largest absolute Gasteiger partial charge is 0.488 e. The van der Waals surface area contributed by atoms with Gasteiger partial charge in [0.15, 0.2) is 0 Å². The number of ether oxygens (including phenoxy) is 1. The van der Waals surface area contributed by atoms with E-state index in [9.17, 15) is 9.59 Å². The number of nitrogens with one attached hydrogen (secondary N) is 4. The van der Waals surface area contributed by atoms with Crippen molar-refractivity contribution in [1.82, 2.24) is 30.0 Å². The molecule has 0 aliphatic heterocycles. The summed E-state index contributed by atoms with van der Waals surface area (Å²) in [4.78, 5) is 37.6. The molecular formula is C38H39N9O3. The second-order valence-electron chi connectivity index (χ2n) is 12.9. The minimum absolute atomic E-state index is 0.130. The third-order valence-corrected chi connectivity index (χ3v) is 7.83. The maximum Gasteiger partial charge on any atom is 0.324 e. The van der Waals surface area contributed by atoms with Gasteiger partial charge in [0.05, 0.1) is 41.7 Å². The predicted octanol–water partition coefficient (Wildman–Crippen LogP) is 7.42. The number of pyridine rings is 1. The highest BCUT2D eigenvalue weighted by Gasteiger charge is 2.22. The molecule has 50 heavy (non-hydrogen) atoms. The lowest BCUT2D eigenvalue weighted by Crippen LogP contribution is -2.21. The average Bonchev–Trinajstić information content (AvgIpc) is 3.52. The quantitative estimate of drug-likeness (QED) is 0.118. The second-order valence-corrected chi connectivity index (χ2v) is 12.9. The maximum atomic E-state index is 13.4. The van der Waals surface area contributed by atoms with E-state index >= 15 is 0 Å². The zero-order chi connectivity index (χ0) is 35.3. The molecule has 0 saturated carbocycles. The van der Waals surface area contributed by atoms with Crippen molar-refractivity contribution < 1.29 is 14.3 Å². The number of urea groups is 1. The molecule has 0 spiro atoms. The summed E-state index contributed by atoms with van der Waals surface area (Å²) in [6.07, 6.45) is 4.88. The topological polar surface area (TPSA) is 148 Å². The third-order valence-electron chi connectivity index (χ3n) is 7.83. The summed E-state index contributed by atoms with van der Waals surface area (Å²) in [5.41, 5.74) is 4.83. The number of amides is 3. The molecule has 3 amide bonds. The maximum absolute atomic E-state index is 13.4. The fourth-order valence-electron chi connectivity index (χ4n) is 5.15. The Hall–Kier alpha value is -6.30. The lowest BCUT2D eigenvalue weighted by molar-refractivity contribution is -0.119. The Balaban J connectivity index is 1.14. The van der Waals surface area contributed by atoms with Crippen molar-refractivity contribution >= 4 is 45.9 Å². The minimum atomic E-state index is -0.388. The van der Waals surface area contributed by atoms with Crippen molar-refractivity contribution in [2.45, 2.75) is 53.2 Å². The smallest absolute Gasteiger partial charge is 0.324 e. The number of carbonyl (C=O) groups is 2. The van der Waals surface area contributed by atoms with E-state index in [1.165, 1.54) is 6.92 Å². The van der Waals surface area contributed by atoms with E-state index in [0.29, 0.717) is 41.1 Å². The lowest BCUT2D eigenvalue weighted by atomic mass is 9.92. The van der Waals surface area contributed by atoms with Crippen molar-refractivity contribution in [3.05, 3.63) is 120 Å². The predicted molar refractivity (Wildman–Crippen MR) is 195 cm³/mol. The van der Waals surface area contributed by atoms with Crippen LogP contribution in [-0.2, 0) is 23.4 Å². The Bertz CT molecular complexity index is 2140. The molecule has 0 saturated heterocycles. The Labute approximate surface area is 290 Å². The van der Waals surface area contributed by atoms with Gasteiger partial charge in [0.1, 0.15) is 29.8 Å². The molecule has 12 nitrogen and oxygen atoms in total. The summed E-state index contributed by atoms with van der Waals surface area (Å²) in [7, 11) is 0. The van der Waals surface area contributed by atoms with E-state index in [0.717, 1.165) is 33.3 Å². The zero-order valence-corrected chi connectivity index (χ0v) is 28.6. The Morgan fingerprint density at radius 1 is 0.840 bits per heavy atom. The van der Waals surface area contributed by atoms with Crippen molar-refractivity contribution in [2.75, 3.05) is 16.0 Å². The number of hydrogen-bond acceptors (Lipinski definition) is 8. The summed E-state index contributed by atoms with van der Waals surface area (Å²) < 4.78 is 8.04. The van der Waals surface area contributed by atoms with Gasteiger partial charge in [0.25, 0.3) is 0 Å². The SMILES string of the molecule is CC(=O)NCc1cnc(Nc2cc(COc3ccc(NC(=O)Nc4cc(C(C)(C)C)nn4-c4ccc(C)cc4)c4ccccc34)ccn2)cn1. The Morgan fingerprint density at radius 3 is 2.34 bits per heavy atom. The lowest BCUT2D eigenvalue weighted by Gasteiger charge is -2.15. The van der Waals surface area contributed by atoms with Gasteiger partial charge in [-0.2, -0.15) is 5.10 Å². The molecule has 0 fully saturated rings. The molecule has 6 aromatic rings. The first-order valence-corrected chi connectivity index (χ1v) is 16.2. The summed E-state index contributed by atoms with van der Waals surface area (Å²) in [5, 5.41) is 18.4. The van der Waals surface area contributed by atoms with Gasteiger partial charge in [-0.1, -0.05) is 62.7 Å². The van der Waals surface area contributed by atoms with Crippen molar-refractivity contribution in [3.63, 3.8) is 0 Å². The molecule has 0 bridgehead atoms. The molecule has 0 unspecified atom stereocenters. The number of hydrogen-bond donors (Lipinski definition) is 4. The summed E-state index contributed by atoms with van der Waals surface area (Å²) in [6.45, 7) is 10.4. The van der Waals surface area contributed by atoms with Gasteiger partial charge >= 0.3 is 6.03 Å². The van der Waals surface area contributed by atoms with Crippen LogP contribution in [-0.4, -0.2) is 36.7 Å². The van der Waals surface area contributed by atoms with Crippen LogP contribution in [0.25, 0.3) is 16.5 Å². The van der Waals surface area contributed by atoms with Gasteiger partial charge in [-0.25, -0.2) is 19.4 Å². The number of anilines is 4. The molecule has 6 rings (SSSR count). The molecule has 3 heterocycles. The van der Waals surface area contributed by atoms with E-state index in [-0.39, 0.29) is 24.0 Å². The number of carbonyl (C=O) groups excluding carboxylic acids is 2. The van der Waals surface area contributed by atoms with Gasteiger partial charge in [0.2, 0.25) is 5.91 Å². The molecule has 0 aliphatic rings. The molecular weight excluding hydrogens is 630 g/mol. The summed E-state index contributed by atoms with van der Waals surface area (Å²) >= 11 is 0. The van der Waals surface area contributed by atoms with Crippen LogP contribution in [0.15, 0.2) is 97.5 Å². The first kappa shape index (κ1) is 33.6. The van der Waals surface area contributed by atoms with Crippen molar-refractivity contribution in [3.8, 4) is 11.4 Å². The van der Waals surface area contributed by atoms with Crippen LogP contribution in [0.2, 0.25) is 0 Å². The van der Waals surface area contributed by atoms with Gasteiger partial charge in [-0.3, -0.25) is 15.1 Å². The number of fused-ring (bicyclic) bond motifs is 1. The normalized spacial score (nSPS) is 11.2. The van der Waals surface area contributed by atoms with Gasteiger partial charge in [-0.05, 0) is 48.9 Å². The van der Waals surface area contributed by atoms with E-state index < -0.39 is 0 Å². The first-order chi connectivity index (χ1) is 24.0. The molecule has 3 aromatic heterocycles. The molecule has 0 aliphatic carbocycles. The fraction of sp³-hybridized carbons (Fsp3) is 0.211. The highest BCUT2D eigenvalue weighted by atomic mass is 16.5. The molecule has 0 atom stereocenters. The van der Waals surface area contributed by atoms with E-state index in [4.69, 9.17) is 9.84 Å². The van der Waals surface area contributed by atoms with E-state index in [1.54, 1.807) is 23.3 Å². The zero-order valence-electron chi connectivity index (χ0n) is 28.6. The third kappa shape index (κ3) is 8.21. The average molecular weight is 670 g/mol. The minimum Gasteiger partial charge on any atom is -0.488 e. The molecule has 0 radical (unpaired) electrons. The standard InChI is InChI=1S/C38H39N9O3/c1-24-10-12-28(13-11-24)47-36(19-33(46-47)38(3,4)5)45-37(49)43-31-14-15-32(30-9-7-6-8-29(30)31)50-23-26-16-17-39-34(18-26)44-35-22-41-27(21-42-35)20-40-25(2)48/h6-19,21-22H,20,23H2,1-5H3,(H,40,48)(H,39,42,44)(H2,43,45,49). The van der Waals surface area contributed by atoms with Gasteiger partial charge in [0, 0.05) is 35.4 Å². The second kappa shape index (κ2) is 14.4. The highest BCUT2D eigenvalue weighted by Crippen LogP contribution is 2.33. The Morgan fingerprint density at radius 2 is 1.62 bits per heavy atom. The number of benzene rings is 3. The molecule has 254 valence electrons. The van der Waals surface area contributed by atoms with E-state index in [2.05, 4.69) is 57.0 Å². The van der Waals surface area contributed by atoms with Gasteiger partial charge < -0.3 is 20.7 Å². The number of aromatic nitrogens is 5. The van der Waals surface area contributed by atoms with Crippen LogP contribution in [0.1, 0.15) is 50.2 Å². The van der Waals surface area contributed by atoms with Crippen LogP contribution >= 0.6 is 0 Å². The number of rotatable bonds is 10. The summed E-state index contributed by atoms with van der Waals surface area (Å²) in [6, 6.07) is 24.7. The monoisotopic (exact) mass is 669 g/mol. The van der Waals surface area contributed by atoms with E-state index in [1.807, 2.05) is 85.8 Å². The van der Waals surface area contributed by atoms with Crippen LogP contribution in [0.4, 0.5) is 27.9 Å². The molecule has 4 N–H and O–H groups in total. The van der Waals surface area contributed by atoms with Gasteiger partial charge in [-0.15, -0.1) is 0 Å². The molecule has 12 heteroatoms. The first-order valence-electron chi connectivity index (χ1n) is 16.2. The summed E-state index contributed by atoms with van der Waals surface area (Å²) in [5.74, 6) is 2.22.